The molecule has 0 spiro atoms. The number of nitrogens with one attached hydrogen (secondary N) is 1. The van der Waals surface area contributed by atoms with Crippen LogP contribution < -0.4 is 5.32 Å². The molecule has 0 aliphatic carbocycles. The second kappa shape index (κ2) is 10.6. The number of carbonyl (C=O) groups excluding carboxylic acids is 2. The first-order chi connectivity index (χ1) is 12.2. The topological polar surface area (TPSA) is 55.4 Å². The fraction of sp³-hybridized carbons (Fsp3) is 0.300. The van der Waals surface area contributed by atoms with E-state index in [4.69, 9.17) is 4.74 Å². The van der Waals surface area contributed by atoms with Gasteiger partial charge in [-0.2, -0.15) is 11.8 Å². The lowest BCUT2D eigenvalue weighted by molar-refractivity contribution is -0.116. The van der Waals surface area contributed by atoms with Gasteiger partial charge >= 0.3 is 5.97 Å². The van der Waals surface area contributed by atoms with Crippen LogP contribution in [-0.2, 0) is 15.3 Å². The van der Waals surface area contributed by atoms with Crippen LogP contribution in [0.5, 0.6) is 0 Å². The monoisotopic (exact) mass is 357 g/mol. The van der Waals surface area contributed by atoms with Crippen LogP contribution in [0, 0.1) is 0 Å². The zero-order valence-corrected chi connectivity index (χ0v) is 15.2. The molecule has 1 N–H and O–H groups in total. The molecule has 2 rings (SSSR count). The molecule has 5 heteroatoms. The minimum Gasteiger partial charge on any atom is -0.462 e. The molecule has 4 nitrogen and oxygen atoms in total. The SMILES string of the molecule is CCOC(=O)c1ccc(NC(=O)CCCSCc2ccccc2)cc1. The number of benzene rings is 2. The standard InChI is InChI=1S/C20H23NO3S/c1-2-24-20(23)17-10-12-18(13-11-17)21-19(22)9-6-14-25-15-16-7-4-3-5-8-16/h3-5,7-8,10-13H,2,6,9,14-15H2,1H3,(H,21,22). The minimum atomic E-state index is -0.351. The van der Waals surface area contributed by atoms with Crippen LogP contribution in [0.4, 0.5) is 5.69 Å². The van der Waals surface area contributed by atoms with E-state index in [1.807, 2.05) is 30.0 Å². The summed E-state index contributed by atoms with van der Waals surface area (Å²) in [7, 11) is 0. The van der Waals surface area contributed by atoms with Crippen molar-refractivity contribution < 1.29 is 14.3 Å². The molecule has 0 heterocycles. The maximum Gasteiger partial charge on any atom is 0.338 e. The molecule has 0 aromatic heterocycles. The van der Waals surface area contributed by atoms with Gasteiger partial charge in [-0.3, -0.25) is 4.79 Å². The zero-order valence-electron chi connectivity index (χ0n) is 14.4. The van der Waals surface area contributed by atoms with Crippen molar-refractivity contribution in [2.75, 3.05) is 17.7 Å². The molecule has 0 unspecified atom stereocenters. The summed E-state index contributed by atoms with van der Waals surface area (Å²) in [6, 6.07) is 17.1. The summed E-state index contributed by atoms with van der Waals surface area (Å²) in [5.74, 6) is 1.56. The molecule has 0 saturated heterocycles. The van der Waals surface area contributed by atoms with Crippen LogP contribution in [0.2, 0.25) is 0 Å². The Hall–Kier alpha value is -2.27. The zero-order chi connectivity index (χ0) is 17.9. The molecule has 0 saturated carbocycles. The van der Waals surface area contributed by atoms with Crippen molar-refractivity contribution in [2.24, 2.45) is 0 Å². The highest BCUT2D eigenvalue weighted by Crippen LogP contribution is 2.15. The molecule has 0 atom stereocenters. The van der Waals surface area contributed by atoms with E-state index in [1.165, 1.54) is 5.56 Å². The first-order valence-corrected chi connectivity index (χ1v) is 9.53. The first-order valence-electron chi connectivity index (χ1n) is 8.37. The van der Waals surface area contributed by atoms with E-state index < -0.39 is 0 Å². The average molecular weight is 357 g/mol. The van der Waals surface area contributed by atoms with Crippen molar-refractivity contribution in [3.05, 3.63) is 65.7 Å². The molecule has 0 aliphatic rings. The summed E-state index contributed by atoms with van der Waals surface area (Å²) in [6.45, 7) is 2.12. The number of amides is 1. The third-order valence-corrected chi connectivity index (χ3v) is 4.60. The Morgan fingerprint density at radius 1 is 1.04 bits per heavy atom. The smallest absolute Gasteiger partial charge is 0.338 e. The van der Waals surface area contributed by atoms with Crippen molar-refractivity contribution in [3.63, 3.8) is 0 Å². The summed E-state index contributed by atoms with van der Waals surface area (Å²) >= 11 is 1.83. The fourth-order valence-electron chi connectivity index (χ4n) is 2.23. The number of hydrogen-bond donors (Lipinski definition) is 1. The quantitative estimate of drug-likeness (QED) is 0.530. The van der Waals surface area contributed by atoms with E-state index in [0.717, 1.165) is 17.9 Å². The van der Waals surface area contributed by atoms with Gasteiger partial charge < -0.3 is 10.1 Å². The van der Waals surface area contributed by atoms with Crippen molar-refractivity contribution >= 4 is 29.3 Å². The minimum absolute atomic E-state index is 0.0100. The molecule has 132 valence electrons. The van der Waals surface area contributed by atoms with Crippen molar-refractivity contribution in [1.29, 1.82) is 0 Å². The Morgan fingerprint density at radius 2 is 1.76 bits per heavy atom. The van der Waals surface area contributed by atoms with E-state index in [9.17, 15) is 9.59 Å². The molecule has 0 radical (unpaired) electrons. The number of esters is 1. The number of anilines is 1. The van der Waals surface area contributed by atoms with Crippen molar-refractivity contribution in [3.8, 4) is 0 Å². The number of carbonyl (C=O) groups is 2. The van der Waals surface area contributed by atoms with Crippen LogP contribution >= 0.6 is 11.8 Å². The number of thioether (sulfide) groups is 1. The van der Waals surface area contributed by atoms with Crippen LogP contribution in [-0.4, -0.2) is 24.2 Å². The first kappa shape index (κ1) is 19.1. The van der Waals surface area contributed by atoms with E-state index in [-0.39, 0.29) is 11.9 Å². The van der Waals surface area contributed by atoms with Crippen LogP contribution in [0.15, 0.2) is 54.6 Å². The van der Waals surface area contributed by atoms with Gasteiger partial charge in [0.05, 0.1) is 12.2 Å². The number of rotatable bonds is 9. The molecule has 1 amide bonds. The second-order valence-corrected chi connectivity index (χ2v) is 6.59. The highest BCUT2D eigenvalue weighted by Gasteiger charge is 2.07. The molecular formula is C20H23NO3S. The molecular weight excluding hydrogens is 334 g/mol. The Balaban J connectivity index is 1.65. The Bertz CT molecular complexity index is 671. The molecule has 2 aromatic rings. The fourth-order valence-corrected chi connectivity index (χ4v) is 3.15. The van der Waals surface area contributed by atoms with Gasteiger partial charge in [0.15, 0.2) is 0 Å². The average Bonchev–Trinajstić information content (AvgIpc) is 2.63. The van der Waals surface area contributed by atoms with Gasteiger partial charge in [-0.1, -0.05) is 30.3 Å². The van der Waals surface area contributed by atoms with E-state index in [1.54, 1.807) is 31.2 Å². The Kier molecular flexibility index (Phi) is 8.05. The van der Waals surface area contributed by atoms with Gasteiger partial charge in [0.25, 0.3) is 0 Å². The van der Waals surface area contributed by atoms with Gasteiger partial charge in [0.1, 0.15) is 0 Å². The predicted molar refractivity (Wildman–Crippen MR) is 103 cm³/mol. The van der Waals surface area contributed by atoms with Crippen molar-refractivity contribution in [1.82, 2.24) is 0 Å². The summed E-state index contributed by atoms with van der Waals surface area (Å²) in [6.07, 6.45) is 1.33. The van der Waals surface area contributed by atoms with E-state index >= 15 is 0 Å². The largest absolute Gasteiger partial charge is 0.462 e. The van der Waals surface area contributed by atoms with E-state index in [0.29, 0.717) is 24.3 Å². The summed E-state index contributed by atoms with van der Waals surface area (Å²) < 4.78 is 4.93. The van der Waals surface area contributed by atoms with Gasteiger partial charge in [-0.05, 0) is 48.9 Å². The predicted octanol–water partition coefficient (Wildman–Crippen LogP) is 4.52. The van der Waals surface area contributed by atoms with Gasteiger partial charge in [0, 0.05) is 17.9 Å². The van der Waals surface area contributed by atoms with Crippen LogP contribution in [0.1, 0.15) is 35.7 Å². The molecule has 25 heavy (non-hydrogen) atoms. The number of ether oxygens (including phenoxy) is 1. The Labute approximate surface area is 153 Å². The Morgan fingerprint density at radius 3 is 2.44 bits per heavy atom. The van der Waals surface area contributed by atoms with Crippen LogP contribution in [0.25, 0.3) is 0 Å². The summed E-state index contributed by atoms with van der Waals surface area (Å²) in [4.78, 5) is 23.5. The van der Waals surface area contributed by atoms with Gasteiger partial charge in [0.2, 0.25) is 5.91 Å². The molecule has 2 aromatic carbocycles. The maximum absolute atomic E-state index is 12.0. The lowest BCUT2D eigenvalue weighted by atomic mass is 10.2. The van der Waals surface area contributed by atoms with Gasteiger partial charge in [-0.25, -0.2) is 4.79 Å². The lowest BCUT2D eigenvalue weighted by Crippen LogP contribution is -2.12. The van der Waals surface area contributed by atoms with Crippen LogP contribution in [0.3, 0.4) is 0 Å². The van der Waals surface area contributed by atoms with Gasteiger partial charge in [-0.15, -0.1) is 0 Å². The third kappa shape index (κ3) is 7.01. The van der Waals surface area contributed by atoms with E-state index in [2.05, 4.69) is 17.4 Å². The summed E-state index contributed by atoms with van der Waals surface area (Å²) in [5, 5.41) is 2.85. The normalized spacial score (nSPS) is 10.3. The van der Waals surface area contributed by atoms with Crippen molar-refractivity contribution in [2.45, 2.75) is 25.5 Å². The third-order valence-electron chi connectivity index (χ3n) is 3.48. The molecule has 0 aliphatic heterocycles. The highest BCUT2D eigenvalue weighted by atomic mass is 32.2. The second-order valence-electron chi connectivity index (χ2n) is 5.49. The lowest BCUT2D eigenvalue weighted by Gasteiger charge is -2.07. The maximum atomic E-state index is 12.0. The number of hydrogen-bond acceptors (Lipinski definition) is 4. The molecule has 0 bridgehead atoms. The highest BCUT2D eigenvalue weighted by molar-refractivity contribution is 7.98. The summed E-state index contributed by atoms with van der Waals surface area (Å²) in [5.41, 5.74) is 2.48. The molecule has 0 fully saturated rings.